The molecule has 2 nitrogen and oxygen atoms in total. The van der Waals surface area contributed by atoms with Gasteiger partial charge < -0.3 is 10.2 Å². The number of anilines is 1. The van der Waals surface area contributed by atoms with Crippen LogP contribution in [0.5, 0.6) is 0 Å². The van der Waals surface area contributed by atoms with Gasteiger partial charge in [-0.05, 0) is 31.5 Å². The molecule has 1 aliphatic rings. The van der Waals surface area contributed by atoms with Gasteiger partial charge in [0.15, 0.2) is 0 Å². The number of hydrogen-bond donors (Lipinski definition) is 1. The van der Waals surface area contributed by atoms with E-state index in [0.717, 1.165) is 17.8 Å². The van der Waals surface area contributed by atoms with Crippen LogP contribution in [-0.2, 0) is 6.54 Å². The van der Waals surface area contributed by atoms with E-state index in [-0.39, 0.29) is 5.82 Å². The second-order valence-electron chi connectivity index (χ2n) is 5.77. The van der Waals surface area contributed by atoms with Crippen LogP contribution in [0.3, 0.4) is 0 Å². The van der Waals surface area contributed by atoms with Gasteiger partial charge in [0, 0.05) is 30.9 Å². The lowest BCUT2D eigenvalue weighted by molar-refractivity contribution is 0.544. The molecule has 0 heterocycles. The number of halogens is 1. The molecule has 0 radical (unpaired) electrons. The van der Waals surface area contributed by atoms with E-state index in [1.807, 2.05) is 6.07 Å². The van der Waals surface area contributed by atoms with Gasteiger partial charge in [0.05, 0.1) is 0 Å². The first kappa shape index (κ1) is 15.3. The molecule has 0 aromatic heterocycles. The van der Waals surface area contributed by atoms with Crippen LogP contribution in [0.2, 0.25) is 0 Å². The van der Waals surface area contributed by atoms with Crippen molar-refractivity contribution in [2.45, 2.75) is 58.0 Å². The van der Waals surface area contributed by atoms with Crippen molar-refractivity contribution < 1.29 is 4.39 Å². The van der Waals surface area contributed by atoms with Gasteiger partial charge >= 0.3 is 0 Å². The average Bonchev–Trinajstić information content (AvgIpc) is 2.74. The Morgan fingerprint density at radius 1 is 1.20 bits per heavy atom. The molecule has 0 unspecified atom stereocenters. The standard InChI is InChI=1S/C17H27FN2/c1-3-19-13-15-16(18)11-8-12-17(15)20(2)14-9-6-4-5-7-10-14/h8,11-12,14,19H,3-7,9-10,13H2,1-2H3. The lowest BCUT2D eigenvalue weighted by atomic mass is 10.0. The highest BCUT2D eigenvalue weighted by Gasteiger charge is 2.20. The summed E-state index contributed by atoms with van der Waals surface area (Å²) in [6.45, 7) is 3.52. The summed E-state index contributed by atoms with van der Waals surface area (Å²) in [5.41, 5.74) is 1.86. The van der Waals surface area contributed by atoms with Gasteiger partial charge in [-0.3, -0.25) is 0 Å². The van der Waals surface area contributed by atoms with Crippen LogP contribution < -0.4 is 10.2 Å². The molecule has 20 heavy (non-hydrogen) atoms. The molecule has 0 aliphatic heterocycles. The third kappa shape index (κ3) is 3.72. The van der Waals surface area contributed by atoms with E-state index < -0.39 is 0 Å². The Morgan fingerprint density at radius 2 is 1.90 bits per heavy atom. The Kier molecular flexibility index (Phi) is 5.84. The van der Waals surface area contributed by atoms with E-state index in [4.69, 9.17) is 0 Å². The molecule has 0 bridgehead atoms. The van der Waals surface area contributed by atoms with Crippen molar-refractivity contribution in [1.82, 2.24) is 5.32 Å². The summed E-state index contributed by atoms with van der Waals surface area (Å²) in [4.78, 5) is 2.31. The second kappa shape index (κ2) is 7.63. The molecule has 0 spiro atoms. The van der Waals surface area contributed by atoms with Crippen LogP contribution in [0.1, 0.15) is 51.0 Å². The van der Waals surface area contributed by atoms with E-state index in [2.05, 4.69) is 30.3 Å². The lowest BCUT2D eigenvalue weighted by Crippen LogP contribution is -2.32. The summed E-state index contributed by atoms with van der Waals surface area (Å²) in [7, 11) is 2.13. The van der Waals surface area contributed by atoms with Crippen LogP contribution in [0.15, 0.2) is 18.2 Å². The average molecular weight is 278 g/mol. The van der Waals surface area contributed by atoms with Crippen LogP contribution in [-0.4, -0.2) is 19.6 Å². The molecule has 1 aromatic carbocycles. The number of hydrogen-bond acceptors (Lipinski definition) is 2. The van der Waals surface area contributed by atoms with Crippen molar-refractivity contribution in [3.8, 4) is 0 Å². The van der Waals surface area contributed by atoms with E-state index in [1.54, 1.807) is 6.07 Å². The molecule has 2 rings (SSSR count). The summed E-state index contributed by atoms with van der Waals surface area (Å²) in [6, 6.07) is 6.00. The van der Waals surface area contributed by atoms with Gasteiger partial charge in [0.25, 0.3) is 0 Å². The van der Waals surface area contributed by atoms with Gasteiger partial charge in [-0.25, -0.2) is 4.39 Å². The van der Waals surface area contributed by atoms with Crippen LogP contribution in [0, 0.1) is 5.82 Å². The van der Waals surface area contributed by atoms with Crippen LogP contribution in [0.4, 0.5) is 10.1 Å². The summed E-state index contributed by atoms with van der Waals surface area (Å²) in [6.07, 6.45) is 7.75. The van der Waals surface area contributed by atoms with E-state index in [1.165, 1.54) is 38.5 Å². The Labute approximate surface area is 122 Å². The molecule has 112 valence electrons. The van der Waals surface area contributed by atoms with E-state index in [0.29, 0.717) is 12.6 Å². The summed E-state index contributed by atoms with van der Waals surface area (Å²) >= 11 is 0. The normalized spacial score (nSPS) is 16.9. The summed E-state index contributed by atoms with van der Waals surface area (Å²) < 4.78 is 14.1. The molecule has 0 saturated heterocycles. The second-order valence-corrected chi connectivity index (χ2v) is 5.77. The largest absolute Gasteiger partial charge is 0.371 e. The quantitative estimate of drug-likeness (QED) is 0.816. The van der Waals surface area contributed by atoms with Gasteiger partial charge in [-0.15, -0.1) is 0 Å². The zero-order valence-corrected chi connectivity index (χ0v) is 12.8. The third-order valence-corrected chi connectivity index (χ3v) is 4.40. The van der Waals surface area contributed by atoms with Crippen molar-refractivity contribution in [2.24, 2.45) is 0 Å². The molecule has 0 amide bonds. The summed E-state index contributed by atoms with van der Waals surface area (Å²) in [5.74, 6) is -0.0936. The van der Waals surface area contributed by atoms with E-state index >= 15 is 0 Å². The Hall–Kier alpha value is -1.09. The topological polar surface area (TPSA) is 15.3 Å². The first-order valence-corrected chi connectivity index (χ1v) is 7.95. The zero-order chi connectivity index (χ0) is 14.4. The molecule has 0 atom stereocenters. The maximum Gasteiger partial charge on any atom is 0.129 e. The molecule has 1 N–H and O–H groups in total. The molecule has 1 fully saturated rings. The highest BCUT2D eigenvalue weighted by molar-refractivity contribution is 5.54. The van der Waals surface area contributed by atoms with Gasteiger partial charge in [-0.1, -0.05) is 38.7 Å². The van der Waals surface area contributed by atoms with E-state index in [9.17, 15) is 4.39 Å². The minimum absolute atomic E-state index is 0.0936. The Bertz CT molecular complexity index is 411. The Morgan fingerprint density at radius 3 is 2.55 bits per heavy atom. The highest BCUT2D eigenvalue weighted by atomic mass is 19.1. The zero-order valence-electron chi connectivity index (χ0n) is 12.8. The molecule has 1 aliphatic carbocycles. The SMILES string of the molecule is CCNCc1c(F)cccc1N(C)C1CCCCCC1. The fraction of sp³-hybridized carbons (Fsp3) is 0.647. The van der Waals surface area contributed by atoms with Crippen molar-refractivity contribution >= 4 is 5.69 Å². The number of nitrogens with one attached hydrogen (secondary N) is 1. The van der Waals surface area contributed by atoms with Crippen LogP contribution in [0.25, 0.3) is 0 Å². The molecule has 1 aromatic rings. The molecule has 3 heteroatoms. The minimum atomic E-state index is -0.0936. The third-order valence-electron chi connectivity index (χ3n) is 4.40. The molecular formula is C17H27FN2. The van der Waals surface area contributed by atoms with Crippen molar-refractivity contribution in [3.05, 3.63) is 29.6 Å². The lowest BCUT2D eigenvalue weighted by Gasteiger charge is -2.31. The monoisotopic (exact) mass is 278 g/mol. The van der Waals surface area contributed by atoms with Gasteiger partial charge in [0.1, 0.15) is 5.82 Å². The minimum Gasteiger partial charge on any atom is -0.371 e. The predicted molar refractivity (Wildman–Crippen MR) is 83.7 cm³/mol. The molecular weight excluding hydrogens is 251 g/mol. The number of benzene rings is 1. The highest BCUT2D eigenvalue weighted by Crippen LogP contribution is 2.29. The van der Waals surface area contributed by atoms with Crippen molar-refractivity contribution in [1.29, 1.82) is 0 Å². The fourth-order valence-corrected chi connectivity index (χ4v) is 3.14. The summed E-state index contributed by atoms with van der Waals surface area (Å²) in [5, 5.41) is 3.25. The maximum atomic E-state index is 14.1. The molecule has 1 saturated carbocycles. The number of rotatable bonds is 5. The van der Waals surface area contributed by atoms with Gasteiger partial charge in [0.2, 0.25) is 0 Å². The Balaban J connectivity index is 2.18. The first-order chi connectivity index (χ1) is 9.74. The predicted octanol–water partition coefficient (Wildman–Crippen LogP) is 4.09. The van der Waals surface area contributed by atoms with Crippen molar-refractivity contribution in [2.75, 3.05) is 18.5 Å². The first-order valence-electron chi connectivity index (χ1n) is 7.95. The maximum absolute atomic E-state index is 14.1. The smallest absolute Gasteiger partial charge is 0.129 e. The van der Waals surface area contributed by atoms with Crippen molar-refractivity contribution in [3.63, 3.8) is 0 Å². The fourth-order valence-electron chi connectivity index (χ4n) is 3.14. The van der Waals surface area contributed by atoms with Crippen LogP contribution >= 0.6 is 0 Å². The van der Waals surface area contributed by atoms with Gasteiger partial charge in [-0.2, -0.15) is 0 Å². The number of nitrogens with zero attached hydrogens (tertiary/aromatic N) is 1.